The van der Waals surface area contributed by atoms with Crippen molar-refractivity contribution in [3.63, 3.8) is 0 Å². The van der Waals surface area contributed by atoms with Gasteiger partial charge in [0.15, 0.2) is 0 Å². The Hall–Kier alpha value is -0.630. The van der Waals surface area contributed by atoms with E-state index in [0.717, 1.165) is 5.92 Å². The first kappa shape index (κ1) is 15.4. The van der Waals surface area contributed by atoms with Gasteiger partial charge >= 0.3 is 0 Å². The Labute approximate surface area is 117 Å². The SMILES string of the molecule is CNc1ccc(SCCCCCCC(C)C)cc1. The molecule has 102 valence electrons. The van der Waals surface area contributed by atoms with E-state index < -0.39 is 0 Å². The van der Waals surface area contributed by atoms with Crippen molar-refractivity contribution in [3.05, 3.63) is 24.3 Å². The molecule has 1 rings (SSSR count). The lowest BCUT2D eigenvalue weighted by atomic mass is 10.0. The van der Waals surface area contributed by atoms with Crippen molar-refractivity contribution in [1.82, 2.24) is 0 Å². The molecule has 18 heavy (non-hydrogen) atoms. The molecule has 0 amide bonds. The number of nitrogens with one attached hydrogen (secondary N) is 1. The minimum absolute atomic E-state index is 0.866. The third-order valence-corrected chi connectivity index (χ3v) is 4.19. The highest BCUT2D eigenvalue weighted by molar-refractivity contribution is 7.99. The molecule has 1 nitrogen and oxygen atoms in total. The van der Waals surface area contributed by atoms with Crippen LogP contribution in [0.15, 0.2) is 29.2 Å². The zero-order chi connectivity index (χ0) is 13.2. The molecule has 0 heterocycles. The van der Waals surface area contributed by atoms with E-state index in [0.29, 0.717) is 0 Å². The number of rotatable bonds is 9. The minimum atomic E-state index is 0.866. The van der Waals surface area contributed by atoms with Crippen molar-refractivity contribution in [1.29, 1.82) is 0 Å². The standard InChI is InChI=1S/C16H27NS/c1-14(2)8-6-4-5-7-13-18-16-11-9-15(17-3)10-12-16/h9-12,14,17H,4-8,13H2,1-3H3. The Kier molecular flexibility index (Phi) is 7.99. The molecule has 1 aromatic rings. The Morgan fingerprint density at radius 1 is 1.00 bits per heavy atom. The smallest absolute Gasteiger partial charge is 0.0338 e. The normalized spacial score (nSPS) is 10.9. The van der Waals surface area contributed by atoms with Gasteiger partial charge in [0.05, 0.1) is 0 Å². The summed E-state index contributed by atoms with van der Waals surface area (Å²) in [5.74, 6) is 2.12. The molecule has 0 saturated heterocycles. The van der Waals surface area contributed by atoms with Gasteiger partial charge in [-0.1, -0.05) is 39.5 Å². The van der Waals surface area contributed by atoms with Crippen molar-refractivity contribution in [3.8, 4) is 0 Å². The topological polar surface area (TPSA) is 12.0 Å². The molecule has 0 aliphatic rings. The highest BCUT2D eigenvalue weighted by Crippen LogP contribution is 2.21. The summed E-state index contributed by atoms with van der Waals surface area (Å²) in [6.07, 6.45) is 6.92. The van der Waals surface area contributed by atoms with E-state index >= 15 is 0 Å². The highest BCUT2D eigenvalue weighted by Gasteiger charge is 1.96. The van der Waals surface area contributed by atoms with Crippen LogP contribution in [-0.2, 0) is 0 Å². The maximum absolute atomic E-state index is 3.14. The third kappa shape index (κ3) is 6.95. The molecule has 0 saturated carbocycles. The van der Waals surface area contributed by atoms with E-state index in [1.165, 1.54) is 48.4 Å². The molecule has 0 aliphatic carbocycles. The molecular weight excluding hydrogens is 238 g/mol. The average molecular weight is 265 g/mol. The van der Waals surface area contributed by atoms with Crippen molar-refractivity contribution in [2.24, 2.45) is 5.92 Å². The zero-order valence-corrected chi connectivity index (χ0v) is 12.9. The van der Waals surface area contributed by atoms with Gasteiger partial charge in [-0.05, 0) is 42.4 Å². The lowest BCUT2D eigenvalue weighted by Crippen LogP contribution is -1.88. The number of hydrogen-bond donors (Lipinski definition) is 1. The van der Waals surface area contributed by atoms with Gasteiger partial charge in [0.2, 0.25) is 0 Å². The van der Waals surface area contributed by atoms with Crippen LogP contribution in [0.25, 0.3) is 0 Å². The maximum Gasteiger partial charge on any atom is 0.0338 e. The summed E-state index contributed by atoms with van der Waals surface area (Å²) in [7, 11) is 1.96. The summed E-state index contributed by atoms with van der Waals surface area (Å²) in [6, 6.07) is 8.69. The third-order valence-electron chi connectivity index (χ3n) is 3.09. The molecule has 0 bridgehead atoms. The Bertz CT molecular complexity index is 305. The maximum atomic E-state index is 3.14. The fourth-order valence-electron chi connectivity index (χ4n) is 1.92. The van der Waals surface area contributed by atoms with E-state index in [2.05, 4.69) is 43.4 Å². The molecule has 0 spiro atoms. The summed E-state index contributed by atoms with van der Waals surface area (Å²) in [6.45, 7) is 4.62. The summed E-state index contributed by atoms with van der Waals surface area (Å²) in [5.41, 5.74) is 1.19. The van der Waals surface area contributed by atoms with Crippen LogP contribution in [0.1, 0.15) is 46.0 Å². The largest absolute Gasteiger partial charge is 0.388 e. The fraction of sp³-hybridized carbons (Fsp3) is 0.625. The first-order valence-corrected chi connectivity index (χ1v) is 8.11. The van der Waals surface area contributed by atoms with Crippen LogP contribution in [0, 0.1) is 5.92 Å². The zero-order valence-electron chi connectivity index (χ0n) is 12.0. The number of anilines is 1. The van der Waals surface area contributed by atoms with Gasteiger partial charge in [-0.3, -0.25) is 0 Å². The van der Waals surface area contributed by atoms with Crippen LogP contribution < -0.4 is 5.32 Å². The molecule has 0 atom stereocenters. The quantitative estimate of drug-likeness (QED) is 0.472. The summed E-state index contributed by atoms with van der Waals surface area (Å²) < 4.78 is 0. The Balaban J connectivity index is 2.03. The van der Waals surface area contributed by atoms with Gasteiger partial charge in [0.1, 0.15) is 0 Å². The number of thioether (sulfide) groups is 1. The van der Waals surface area contributed by atoms with E-state index in [9.17, 15) is 0 Å². The number of unbranched alkanes of at least 4 members (excludes halogenated alkanes) is 3. The van der Waals surface area contributed by atoms with E-state index in [4.69, 9.17) is 0 Å². The summed E-state index contributed by atoms with van der Waals surface area (Å²) in [4.78, 5) is 1.39. The van der Waals surface area contributed by atoms with Gasteiger partial charge in [-0.15, -0.1) is 11.8 Å². The predicted octanol–water partition coefficient (Wildman–Crippen LogP) is 5.43. The van der Waals surface area contributed by atoms with Gasteiger partial charge in [-0.25, -0.2) is 0 Å². The minimum Gasteiger partial charge on any atom is -0.388 e. The highest BCUT2D eigenvalue weighted by atomic mass is 32.2. The number of benzene rings is 1. The second-order valence-corrected chi connectivity index (χ2v) is 6.39. The molecule has 1 N–H and O–H groups in total. The fourth-order valence-corrected chi connectivity index (χ4v) is 2.83. The van der Waals surface area contributed by atoms with Crippen molar-refractivity contribution >= 4 is 17.4 Å². The molecular formula is C16H27NS. The molecule has 0 aromatic heterocycles. The van der Waals surface area contributed by atoms with E-state index in [1.807, 2.05) is 18.8 Å². The van der Waals surface area contributed by atoms with Gasteiger partial charge in [0.25, 0.3) is 0 Å². The van der Waals surface area contributed by atoms with Crippen molar-refractivity contribution < 1.29 is 0 Å². The van der Waals surface area contributed by atoms with Gasteiger partial charge < -0.3 is 5.32 Å². The van der Waals surface area contributed by atoms with Crippen LogP contribution in [0.2, 0.25) is 0 Å². The molecule has 0 aliphatic heterocycles. The van der Waals surface area contributed by atoms with Crippen LogP contribution in [0.3, 0.4) is 0 Å². The first-order chi connectivity index (χ1) is 8.72. The second-order valence-electron chi connectivity index (χ2n) is 5.22. The monoisotopic (exact) mass is 265 g/mol. The van der Waals surface area contributed by atoms with Crippen LogP contribution >= 0.6 is 11.8 Å². The molecule has 0 unspecified atom stereocenters. The molecule has 0 fully saturated rings. The Morgan fingerprint density at radius 3 is 2.28 bits per heavy atom. The summed E-state index contributed by atoms with van der Waals surface area (Å²) >= 11 is 1.98. The second kappa shape index (κ2) is 9.32. The molecule has 1 aromatic carbocycles. The van der Waals surface area contributed by atoms with E-state index in [1.54, 1.807) is 0 Å². The van der Waals surface area contributed by atoms with Crippen LogP contribution in [0.5, 0.6) is 0 Å². The predicted molar refractivity (Wildman–Crippen MR) is 84.6 cm³/mol. The van der Waals surface area contributed by atoms with E-state index in [-0.39, 0.29) is 0 Å². The lowest BCUT2D eigenvalue weighted by molar-refractivity contribution is 0.525. The van der Waals surface area contributed by atoms with Crippen molar-refractivity contribution in [2.45, 2.75) is 50.8 Å². The number of hydrogen-bond acceptors (Lipinski definition) is 2. The molecule has 0 radical (unpaired) electrons. The van der Waals surface area contributed by atoms with Gasteiger partial charge in [0, 0.05) is 17.6 Å². The average Bonchev–Trinajstić information content (AvgIpc) is 2.38. The Morgan fingerprint density at radius 2 is 1.67 bits per heavy atom. The lowest BCUT2D eigenvalue weighted by Gasteiger charge is -2.05. The van der Waals surface area contributed by atoms with Crippen LogP contribution in [-0.4, -0.2) is 12.8 Å². The summed E-state index contributed by atoms with van der Waals surface area (Å²) in [5, 5.41) is 3.14. The van der Waals surface area contributed by atoms with Gasteiger partial charge in [-0.2, -0.15) is 0 Å². The van der Waals surface area contributed by atoms with Crippen molar-refractivity contribution in [2.75, 3.05) is 18.1 Å². The van der Waals surface area contributed by atoms with Crippen LogP contribution in [0.4, 0.5) is 5.69 Å². The first-order valence-electron chi connectivity index (χ1n) is 7.13. The molecule has 2 heteroatoms.